The van der Waals surface area contributed by atoms with E-state index in [4.69, 9.17) is 15.6 Å². The van der Waals surface area contributed by atoms with Gasteiger partial charge in [-0.2, -0.15) is 0 Å². The number of rotatable bonds is 5. The lowest BCUT2D eigenvalue weighted by Gasteiger charge is -2.42. The molecule has 3 atom stereocenters. The third-order valence-electron chi connectivity index (χ3n) is 3.80. The standard InChI is InChI=1S/C12H25NO2/c1-10-4-5-12(9-13,8-11(10)2)15-7-3-6-14/h10-11,14H,3-9,13H2,1-2H3. The molecule has 3 N–H and O–H groups in total. The quantitative estimate of drug-likeness (QED) is 0.684. The molecule has 0 radical (unpaired) electrons. The van der Waals surface area contributed by atoms with Gasteiger partial charge in [-0.25, -0.2) is 0 Å². The van der Waals surface area contributed by atoms with Gasteiger partial charge in [0, 0.05) is 19.8 Å². The molecule has 1 saturated carbocycles. The van der Waals surface area contributed by atoms with Crippen molar-refractivity contribution in [3.8, 4) is 0 Å². The van der Waals surface area contributed by atoms with Crippen LogP contribution in [-0.2, 0) is 4.74 Å². The number of ether oxygens (including phenoxy) is 1. The molecule has 0 aliphatic heterocycles. The predicted molar refractivity (Wildman–Crippen MR) is 61.6 cm³/mol. The van der Waals surface area contributed by atoms with E-state index >= 15 is 0 Å². The third-order valence-corrected chi connectivity index (χ3v) is 3.80. The summed E-state index contributed by atoms with van der Waals surface area (Å²) in [5, 5.41) is 8.74. The van der Waals surface area contributed by atoms with Crippen molar-refractivity contribution in [1.29, 1.82) is 0 Å². The Morgan fingerprint density at radius 3 is 2.67 bits per heavy atom. The van der Waals surface area contributed by atoms with Crippen molar-refractivity contribution in [2.75, 3.05) is 19.8 Å². The zero-order valence-corrected chi connectivity index (χ0v) is 10.0. The van der Waals surface area contributed by atoms with E-state index in [-0.39, 0.29) is 12.2 Å². The second-order valence-corrected chi connectivity index (χ2v) is 5.01. The lowest BCUT2D eigenvalue weighted by atomic mass is 9.73. The summed E-state index contributed by atoms with van der Waals surface area (Å²) in [7, 11) is 0. The topological polar surface area (TPSA) is 55.5 Å². The molecule has 1 aliphatic rings. The average molecular weight is 215 g/mol. The highest BCUT2D eigenvalue weighted by molar-refractivity contribution is 4.90. The SMILES string of the molecule is CC1CCC(CN)(OCCCO)CC1C. The maximum absolute atomic E-state index is 8.74. The van der Waals surface area contributed by atoms with E-state index in [1.165, 1.54) is 6.42 Å². The van der Waals surface area contributed by atoms with Crippen LogP contribution in [-0.4, -0.2) is 30.5 Å². The Kier molecular flexibility index (Phi) is 5.03. The zero-order valence-electron chi connectivity index (χ0n) is 10.0. The molecule has 90 valence electrons. The highest BCUT2D eigenvalue weighted by Gasteiger charge is 2.37. The summed E-state index contributed by atoms with van der Waals surface area (Å²) in [4.78, 5) is 0. The fourth-order valence-electron chi connectivity index (χ4n) is 2.39. The maximum Gasteiger partial charge on any atom is 0.0806 e. The molecule has 1 rings (SSSR count). The van der Waals surface area contributed by atoms with Crippen LogP contribution in [0.15, 0.2) is 0 Å². The Hall–Kier alpha value is -0.120. The highest BCUT2D eigenvalue weighted by atomic mass is 16.5. The van der Waals surface area contributed by atoms with Gasteiger partial charge in [-0.15, -0.1) is 0 Å². The number of nitrogens with two attached hydrogens (primary N) is 1. The van der Waals surface area contributed by atoms with Crippen LogP contribution in [0.3, 0.4) is 0 Å². The van der Waals surface area contributed by atoms with Crippen molar-refractivity contribution in [1.82, 2.24) is 0 Å². The molecule has 0 heterocycles. The fourth-order valence-corrected chi connectivity index (χ4v) is 2.39. The van der Waals surface area contributed by atoms with E-state index in [0.29, 0.717) is 25.5 Å². The Morgan fingerprint density at radius 1 is 1.40 bits per heavy atom. The third kappa shape index (κ3) is 3.44. The number of hydrogen-bond donors (Lipinski definition) is 2. The minimum absolute atomic E-state index is 0.110. The zero-order chi connectivity index (χ0) is 11.3. The van der Waals surface area contributed by atoms with Gasteiger partial charge in [-0.1, -0.05) is 13.8 Å². The van der Waals surface area contributed by atoms with Crippen LogP contribution in [0.4, 0.5) is 0 Å². The molecule has 1 fully saturated rings. The maximum atomic E-state index is 8.74. The van der Waals surface area contributed by atoms with Crippen LogP contribution in [0.25, 0.3) is 0 Å². The van der Waals surface area contributed by atoms with E-state index in [0.717, 1.165) is 18.8 Å². The molecule has 0 aromatic rings. The van der Waals surface area contributed by atoms with E-state index in [1.807, 2.05) is 0 Å². The Bertz CT molecular complexity index is 186. The molecule has 15 heavy (non-hydrogen) atoms. The summed E-state index contributed by atoms with van der Waals surface area (Å²) in [5.74, 6) is 1.47. The molecule has 1 aliphatic carbocycles. The van der Waals surface area contributed by atoms with Crippen LogP contribution in [0.2, 0.25) is 0 Å². The summed E-state index contributed by atoms with van der Waals surface area (Å²) in [5.41, 5.74) is 5.73. The summed E-state index contributed by atoms with van der Waals surface area (Å²) < 4.78 is 5.89. The van der Waals surface area contributed by atoms with Gasteiger partial charge in [0.05, 0.1) is 5.60 Å². The van der Waals surface area contributed by atoms with Crippen LogP contribution in [0, 0.1) is 11.8 Å². The average Bonchev–Trinajstić information content (AvgIpc) is 2.24. The van der Waals surface area contributed by atoms with Crippen LogP contribution >= 0.6 is 0 Å². The molecule has 0 amide bonds. The summed E-state index contributed by atoms with van der Waals surface area (Å²) in [6.07, 6.45) is 4.06. The van der Waals surface area contributed by atoms with E-state index in [9.17, 15) is 0 Å². The van der Waals surface area contributed by atoms with Gasteiger partial charge in [-0.05, 0) is 37.5 Å². The van der Waals surface area contributed by atoms with Crippen molar-refractivity contribution >= 4 is 0 Å². The van der Waals surface area contributed by atoms with Gasteiger partial charge in [0.2, 0.25) is 0 Å². The lowest BCUT2D eigenvalue weighted by Crippen LogP contribution is -2.46. The summed E-state index contributed by atoms with van der Waals surface area (Å²) >= 11 is 0. The molecular formula is C12H25NO2. The first-order valence-corrected chi connectivity index (χ1v) is 6.08. The number of aliphatic hydroxyl groups is 1. The van der Waals surface area contributed by atoms with E-state index in [1.54, 1.807) is 0 Å². The Labute approximate surface area is 93.0 Å². The van der Waals surface area contributed by atoms with Gasteiger partial charge in [0.1, 0.15) is 0 Å². The van der Waals surface area contributed by atoms with E-state index < -0.39 is 0 Å². The van der Waals surface area contributed by atoms with Gasteiger partial charge in [0.25, 0.3) is 0 Å². The second-order valence-electron chi connectivity index (χ2n) is 5.01. The van der Waals surface area contributed by atoms with E-state index in [2.05, 4.69) is 13.8 Å². The molecule has 3 nitrogen and oxygen atoms in total. The molecule has 0 saturated heterocycles. The summed E-state index contributed by atoms with van der Waals surface area (Å²) in [6, 6.07) is 0. The van der Waals surface area contributed by atoms with Crippen molar-refractivity contribution < 1.29 is 9.84 Å². The van der Waals surface area contributed by atoms with Gasteiger partial charge < -0.3 is 15.6 Å². The second kappa shape index (κ2) is 5.83. The molecule has 0 aromatic carbocycles. The van der Waals surface area contributed by atoms with Crippen molar-refractivity contribution in [3.05, 3.63) is 0 Å². The van der Waals surface area contributed by atoms with Gasteiger partial charge in [0.15, 0.2) is 0 Å². The largest absolute Gasteiger partial charge is 0.396 e. The first-order valence-electron chi connectivity index (χ1n) is 6.08. The molecular weight excluding hydrogens is 190 g/mol. The molecule has 0 aromatic heterocycles. The minimum Gasteiger partial charge on any atom is -0.396 e. The first kappa shape index (κ1) is 12.9. The van der Waals surface area contributed by atoms with Gasteiger partial charge >= 0.3 is 0 Å². The van der Waals surface area contributed by atoms with Gasteiger partial charge in [-0.3, -0.25) is 0 Å². The smallest absolute Gasteiger partial charge is 0.0806 e. The van der Waals surface area contributed by atoms with Crippen LogP contribution in [0.1, 0.15) is 39.5 Å². The van der Waals surface area contributed by atoms with Crippen molar-refractivity contribution in [2.24, 2.45) is 17.6 Å². The highest BCUT2D eigenvalue weighted by Crippen LogP contribution is 2.37. The van der Waals surface area contributed by atoms with Crippen LogP contribution in [0.5, 0.6) is 0 Å². The normalized spacial score (nSPS) is 36.8. The van der Waals surface area contributed by atoms with Crippen molar-refractivity contribution in [3.63, 3.8) is 0 Å². The molecule has 0 bridgehead atoms. The fraction of sp³-hybridized carbons (Fsp3) is 1.00. The first-order chi connectivity index (χ1) is 7.13. The molecule has 3 unspecified atom stereocenters. The summed E-state index contributed by atoms with van der Waals surface area (Å²) in [6.45, 7) is 6.03. The Morgan fingerprint density at radius 2 is 2.13 bits per heavy atom. The number of aliphatic hydroxyl groups excluding tert-OH is 1. The monoisotopic (exact) mass is 215 g/mol. The molecule has 0 spiro atoms. The Balaban J connectivity index is 2.45. The number of hydrogen-bond acceptors (Lipinski definition) is 3. The van der Waals surface area contributed by atoms with Crippen LogP contribution < -0.4 is 5.73 Å². The molecule has 3 heteroatoms. The lowest BCUT2D eigenvalue weighted by molar-refractivity contribution is -0.0867. The predicted octanol–water partition coefficient (Wildman–Crippen LogP) is 1.54. The van der Waals surface area contributed by atoms with Crippen molar-refractivity contribution in [2.45, 2.75) is 45.1 Å². The minimum atomic E-state index is -0.110.